The summed E-state index contributed by atoms with van der Waals surface area (Å²) in [6, 6.07) is 12.1. The third kappa shape index (κ3) is 5.74. The maximum atomic E-state index is 10.7. The van der Waals surface area contributed by atoms with Crippen LogP contribution in [-0.2, 0) is 17.8 Å². The molecule has 3 rings (SSSR count). The van der Waals surface area contributed by atoms with Crippen molar-refractivity contribution in [2.75, 3.05) is 11.9 Å². The number of halogens is 2. The summed E-state index contributed by atoms with van der Waals surface area (Å²) in [5.41, 5.74) is 3.17. The van der Waals surface area contributed by atoms with Gasteiger partial charge in [0.25, 0.3) is 0 Å². The zero-order valence-corrected chi connectivity index (χ0v) is 17.5. The highest BCUT2D eigenvalue weighted by Crippen LogP contribution is 2.36. The standard InChI is InChI=1S/C20H21Br2NO3/c21-17-9-14(6-7-19(24)25)10-18(22)20(17)26-12-15-2-1-3-16(8-15)23-11-13-4-5-13/h1-3,8-10,13,23H,4-7,11-12H2,(H,24,25). The van der Waals surface area contributed by atoms with Gasteiger partial charge in [0.2, 0.25) is 0 Å². The van der Waals surface area contributed by atoms with Gasteiger partial charge in [0.15, 0.2) is 0 Å². The zero-order valence-electron chi connectivity index (χ0n) is 14.3. The third-order valence-corrected chi connectivity index (χ3v) is 5.47. The molecule has 2 N–H and O–H groups in total. The summed E-state index contributed by atoms with van der Waals surface area (Å²) in [5, 5.41) is 12.3. The molecule has 0 unspecified atom stereocenters. The average molecular weight is 483 g/mol. The van der Waals surface area contributed by atoms with Gasteiger partial charge in [-0.05, 0) is 92.4 Å². The quantitative estimate of drug-likeness (QED) is 0.486. The number of carboxylic acid groups (broad SMARTS) is 1. The van der Waals surface area contributed by atoms with E-state index in [-0.39, 0.29) is 6.42 Å². The fourth-order valence-corrected chi connectivity index (χ4v) is 4.17. The number of benzene rings is 2. The van der Waals surface area contributed by atoms with Gasteiger partial charge in [0, 0.05) is 18.7 Å². The van der Waals surface area contributed by atoms with Crippen molar-refractivity contribution in [2.45, 2.75) is 32.3 Å². The highest BCUT2D eigenvalue weighted by molar-refractivity contribution is 9.11. The number of aliphatic carboxylic acids is 1. The van der Waals surface area contributed by atoms with E-state index >= 15 is 0 Å². The largest absolute Gasteiger partial charge is 0.487 e. The Morgan fingerprint density at radius 1 is 1.15 bits per heavy atom. The molecule has 4 nitrogen and oxygen atoms in total. The lowest BCUT2D eigenvalue weighted by atomic mass is 10.1. The monoisotopic (exact) mass is 481 g/mol. The molecule has 2 aromatic carbocycles. The van der Waals surface area contributed by atoms with E-state index in [0.29, 0.717) is 13.0 Å². The Labute approximate surface area is 170 Å². The van der Waals surface area contributed by atoms with Crippen LogP contribution < -0.4 is 10.1 Å². The van der Waals surface area contributed by atoms with Gasteiger partial charge in [0.05, 0.1) is 8.95 Å². The summed E-state index contributed by atoms with van der Waals surface area (Å²) in [5.74, 6) is 0.759. The molecular weight excluding hydrogens is 462 g/mol. The average Bonchev–Trinajstić information content (AvgIpc) is 3.42. The smallest absolute Gasteiger partial charge is 0.303 e. The van der Waals surface area contributed by atoms with Gasteiger partial charge >= 0.3 is 5.97 Å². The topological polar surface area (TPSA) is 58.6 Å². The van der Waals surface area contributed by atoms with Gasteiger partial charge in [-0.3, -0.25) is 4.79 Å². The van der Waals surface area contributed by atoms with E-state index in [0.717, 1.165) is 44.0 Å². The predicted octanol–water partition coefficient (Wildman–Crippen LogP) is 5.63. The van der Waals surface area contributed by atoms with Gasteiger partial charge in [-0.25, -0.2) is 0 Å². The molecule has 0 amide bonds. The van der Waals surface area contributed by atoms with Crippen molar-refractivity contribution >= 4 is 43.5 Å². The van der Waals surface area contributed by atoms with E-state index in [1.807, 2.05) is 24.3 Å². The lowest BCUT2D eigenvalue weighted by Gasteiger charge is -2.13. The van der Waals surface area contributed by atoms with Crippen molar-refractivity contribution in [1.82, 2.24) is 0 Å². The van der Waals surface area contributed by atoms with E-state index in [1.54, 1.807) is 0 Å². The normalized spacial score (nSPS) is 13.5. The number of hydrogen-bond donors (Lipinski definition) is 2. The first-order valence-electron chi connectivity index (χ1n) is 8.66. The lowest BCUT2D eigenvalue weighted by Crippen LogP contribution is -2.04. The number of anilines is 1. The molecule has 138 valence electrons. The molecule has 0 aliphatic heterocycles. The number of rotatable bonds is 9. The van der Waals surface area contributed by atoms with E-state index < -0.39 is 5.97 Å². The molecule has 0 spiro atoms. The minimum absolute atomic E-state index is 0.111. The number of carboxylic acids is 1. The molecule has 6 heteroatoms. The van der Waals surface area contributed by atoms with E-state index in [2.05, 4.69) is 49.3 Å². The molecule has 1 saturated carbocycles. The van der Waals surface area contributed by atoms with Crippen LogP contribution in [0, 0.1) is 5.92 Å². The Bertz CT molecular complexity index is 767. The number of carbonyl (C=O) groups is 1. The summed E-state index contributed by atoms with van der Waals surface area (Å²) in [7, 11) is 0. The molecule has 0 aromatic heterocycles. The van der Waals surface area contributed by atoms with Crippen LogP contribution in [0.2, 0.25) is 0 Å². The molecule has 0 saturated heterocycles. The fourth-order valence-electron chi connectivity index (χ4n) is 2.66. The van der Waals surface area contributed by atoms with Crippen molar-refractivity contribution in [1.29, 1.82) is 0 Å². The first kappa shape index (κ1) is 19.2. The van der Waals surface area contributed by atoms with Crippen LogP contribution in [0.15, 0.2) is 45.3 Å². The number of ether oxygens (including phenoxy) is 1. The van der Waals surface area contributed by atoms with Crippen LogP contribution in [0.25, 0.3) is 0 Å². The molecule has 0 atom stereocenters. The van der Waals surface area contributed by atoms with Crippen LogP contribution >= 0.6 is 31.9 Å². The van der Waals surface area contributed by atoms with Crippen molar-refractivity contribution in [3.05, 3.63) is 56.5 Å². The van der Waals surface area contributed by atoms with Crippen molar-refractivity contribution < 1.29 is 14.6 Å². The second kappa shape index (κ2) is 8.91. The number of nitrogens with one attached hydrogen (secondary N) is 1. The maximum absolute atomic E-state index is 10.7. The van der Waals surface area contributed by atoms with Crippen LogP contribution in [-0.4, -0.2) is 17.6 Å². The van der Waals surface area contributed by atoms with Crippen LogP contribution in [0.3, 0.4) is 0 Å². The maximum Gasteiger partial charge on any atom is 0.303 e. The SMILES string of the molecule is O=C(O)CCc1cc(Br)c(OCc2cccc(NCC3CC3)c2)c(Br)c1. The number of hydrogen-bond acceptors (Lipinski definition) is 3. The summed E-state index contributed by atoms with van der Waals surface area (Å²) in [6.45, 7) is 1.50. The van der Waals surface area contributed by atoms with Crippen LogP contribution in [0.5, 0.6) is 5.75 Å². The predicted molar refractivity (Wildman–Crippen MR) is 110 cm³/mol. The van der Waals surface area contributed by atoms with Crippen LogP contribution in [0.1, 0.15) is 30.4 Å². The minimum atomic E-state index is -0.798. The summed E-state index contributed by atoms with van der Waals surface area (Å²) in [4.78, 5) is 10.7. The number of aryl methyl sites for hydroxylation is 1. The molecule has 0 bridgehead atoms. The van der Waals surface area contributed by atoms with E-state index in [1.165, 1.54) is 12.8 Å². The Hall–Kier alpha value is -1.53. The second-order valence-electron chi connectivity index (χ2n) is 6.60. The van der Waals surface area contributed by atoms with Crippen LogP contribution in [0.4, 0.5) is 5.69 Å². The molecule has 1 aliphatic rings. The third-order valence-electron chi connectivity index (χ3n) is 4.29. The van der Waals surface area contributed by atoms with Crippen molar-refractivity contribution in [2.24, 2.45) is 5.92 Å². The van der Waals surface area contributed by atoms with E-state index in [4.69, 9.17) is 9.84 Å². The molecule has 0 radical (unpaired) electrons. The Balaban J connectivity index is 1.61. The van der Waals surface area contributed by atoms with Gasteiger partial charge < -0.3 is 15.2 Å². The molecular formula is C20H21Br2NO3. The van der Waals surface area contributed by atoms with Gasteiger partial charge in [-0.15, -0.1) is 0 Å². The first-order valence-corrected chi connectivity index (χ1v) is 10.2. The molecule has 26 heavy (non-hydrogen) atoms. The minimum Gasteiger partial charge on any atom is -0.487 e. The Kier molecular flexibility index (Phi) is 6.59. The highest BCUT2D eigenvalue weighted by atomic mass is 79.9. The fraction of sp³-hybridized carbons (Fsp3) is 0.350. The van der Waals surface area contributed by atoms with Gasteiger partial charge in [0.1, 0.15) is 12.4 Å². The molecule has 2 aromatic rings. The summed E-state index contributed by atoms with van der Waals surface area (Å²) in [6.07, 6.45) is 3.27. The zero-order chi connectivity index (χ0) is 18.5. The summed E-state index contributed by atoms with van der Waals surface area (Å²) >= 11 is 7.05. The van der Waals surface area contributed by atoms with Gasteiger partial charge in [-0.2, -0.15) is 0 Å². The lowest BCUT2D eigenvalue weighted by molar-refractivity contribution is -0.136. The van der Waals surface area contributed by atoms with Crippen molar-refractivity contribution in [3.63, 3.8) is 0 Å². The summed E-state index contributed by atoms with van der Waals surface area (Å²) < 4.78 is 7.62. The molecule has 1 fully saturated rings. The molecule has 0 heterocycles. The van der Waals surface area contributed by atoms with Crippen molar-refractivity contribution in [3.8, 4) is 5.75 Å². The van der Waals surface area contributed by atoms with Gasteiger partial charge in [-0.1, -0.05) is 12.1 Å². The highest BCUT2D eigenvalue weighted by Gasteiger charge is 2.20. The Morgan fingerprint density at radius 3 is 2.54 bits per heavy atom. The first-order chi connectivity index (χ1) is 12.5. The Morgan fingerprint density at radius 2 is 1.88 bits per heavy atom. The second-order valence-corrected chi connectivity index (χ2v) is 8.30. The molecule has 1 aliphatic carbocycles. The van der Waals surface area contributed by atoms with E-state index in [9.17, 15) is 4.79 Å².